The van der Waals surface area contributed by atoms with E-state index in [4.69, 9.17) is 4.74 Å². The molecule has 1 aromatic carbocycles. The number of aromatic nitrogens is 4. The number of amides is 1. The van der Waals surface area contributed by atoms with Gasteiger partial charge in [-0.3, -0.25) is 9.89 Å². The van der Waals surface area contributed by atoms with Gasteiger partial charge in [0.25, 0.3) is 5.91 Å². The third-order valence-electron chi connectivity index (χ3n) is 3.47. The number of aromatic amines is 1. The fourth-order valence-electron chi connectivity index (χ4n) is 2.19. The first-order valence-corrected chi connectivity index (χ1v) is 8.58. The van der Waals surface area contributed by atoms with E-state index in [0.717, 1.165) is 22.0 Å². The highest BCUT2D eigenvalue weighted by atomic mass is 32.2. The van der Waals surface area contributed by atoms with Gasteiger partial charge in [0.15, 0.2) is 5.16 Å². The molecule has 0 bridgehead atoms. The van der Waals surface area contributed by atoms with Crippen molar-refractivity contribution in [2.45, 2.75) is 17.5 Å². The molecule has 0 aliphatic carbocycles. The molecule has 0 saturated heterocycles. The number of hydrogen-bond donors (Lipinski definition) is 2. The number of carbonyl (C=O) groups is 1. The maximum atomic E-state index is 12.3. The molecule has 0 atom stereocenters. The highest BCUT2D eigenvalue weighted by molar-refractivity contribution is 7.98. The summed E-state index contributed by atoms with van der Waals surface area (Å²) in [6, 6.07) is 11.2. The molecule has 0 radical (unpaired) electrons. The minimum absolute atomic E-state index is 0.139. The molecule has 3 rings (SSSR count). The van der Waals surface area contributed by atoms with Crippen LogP contribution < -0.4 is 10.1 Å². The van der Waals surface area contributed by atoms with Crippen LogP contribution in [-0.4, -0.2) is 33.2 Å². The van der Waals surface area contributed by atoms with Gasteiger partial charge in [0, 0.05) is 29.6 Å². The van der Waals surface area contributed by atoms with E-state index < -0.39 is 0 Å². The van der Waals surface area contributed by atoms with Crippen molar-refractivity contribution in [3.63, 3.8) is 0 Å². The van der Waals surface area contributed by atoms with Crippen LogP contribution in [0.4, 0.5) is 0 Å². The first kappa shape index (κ1) is 17.0. The second-order valence-corrected chi connectivity index (χ2v) is 6.09. The molecule has 25 heavy (non-hydrogen) atoms. The number of nitrogens with zero attached hydrogens (tertiary/aromatic N) is 3. The SMILES string of the molecule is COc1ncccc1CNC(=O)c1ccc(CSc2ncn[nH]2)cc1. The molecule has 2 aromatic heterocycles. The molecule has 0 spiro atoms. The van der Waals surface area contributed by atoms with Crippen molar-refractivity contribution in [2.75, 3.05) is 7.11 Å². The molecule has 0 aliphatic rings. The fraction of sp³-hybridized carbons (Fsp3) is 0.176. The Hall–Kier alpha value is -2.87. The second-order valence-electron chi connectivity index (χ2n) is 5.13. The molecule has 1 amide bonds. The highest BCUT2D eigenvalue weighted by Gasteiger charge is 2.08. The monoisotopic (exact) mass is 355 g/mol. The normalized spacial score (nSPS) is 10.4. The lowest BCUT2D eigenvalue weighted by Gasteiger charge is -2.09. The quantitative estimate of drug-likeness (QED) is 0.632. The van der Waals surface area contributed by atoms with Crippen molar-refractivity contribution < 1.29 is 9.53 Å². The zero-order chi connectivity index (χ0) is 17.5. The Labute approximate surface area is 149 Å². The highest BCUT2D eigenvalue weighted by Crippen LogP contribution is 2.18. The number of hydrogen-bond acceptors (Lipinski definition) is 6. The van der Waals surface area contributed by atoms with Crippen LogP contribution in [-0.2, 0) is 12.3 Å². The van der Waals surface area contributed by atoms with E-state index in [2.05, 4.69) is 25.5 Å². The molecule has 3 aromatic rings. The van der Waals surface area contributed by atoms with Crippen molar-refractivity contribution in [3.05, 3.63) is 65.6 Å². The Bertz CT molecular complexity index is 821. The standard InChI is InChI=1S/C17H17N5O2S/c1-24-16-14(3-2-8-18-16)9-19-15(23)13-6-4-12(5-7-13)10-25-17-20-11-21-22-17/h2-8,11H,9-10H2,1H3,(H,19,23)(H,20,21,22). The molecule has 7 nitrogen and oxygen atoms in total. The summed E-state index contributed by atoms with van der Waals surface area (Å²) in [5.74, 6) is 1.13. The Kier molecular flexibility index (Phi) is 5.63. The lowest BCUT2D eigenvalue weighted by atomic mass is 10.1. The number of thioether (sulfide) groups is 1. The summed E-state index contributed by atoms with van der Waals surface area (Å²) < 4.78 is 5.18. The zero-order valence-corrected chi connectivity index (χ0v) is 14.4. The van der Waals surface area contributed by atoms with Gasteiger partial charge in [-0.15, -0.1) is 0 Å². The maximum Gasteiger partial charge on any atom is 0.251 e. The summed E-state index contributed by atoms with van der Waals surface area (Å²) in [4.78, 5) is 20.4. The topological polar surface area (TPSA) is 92.8 Å². The molecular formula is C17H17N5O2S. The number of rotatable bonds is 7. The third-order valence-corrected chi connectivity index (χ3v) is 4.42. The summed E-state index contributed by atoms with van der Waals surface area (Å²) >= 11 is 1.56. The van der Waals surface area contributed by atoms with E-state index in [-0.39, 0.29) is 5.91 Å². The van der Waals surface area contributed by atoms with E-state index in [1.165, 1.54) is 6.33 Å². The Morgan fingerprint density at radius 2 is 2.08 bits per heavy atom. The van der Waals surface area contributed by atoms with Crippen molar-refractivity contribution >= 4 is 17.7 Å². The van der Waals surface area contributed by atoms with Gasteiger partial charge in [0.1, 0.15) is 6.33 Å². The predicted molar refractivity (Wildman–Crippen MR) is 94.3 cm³/mol. The molecule has 0 saturated carbocycles. The van der Waals surface area contributed by atoms with Crippen molar-refractivity contribution in [2.24, 2.45) is 0 Å². The summed E-state index contributed by atoms with van der Waals surface area (Å²) in [7, 11) is 1.56. The first-order chi connectivity index (χ1) is 12.3. The number of methoxy groups -OCH3 is 1. The van der Waals surface area contributed by atoms with Gasteiger partial charge in [0.05, 0.1) is 7.11 Å². The van der Waals surface area contributed by atoms with Gasteiger partial charge in [0.2, 0.25) is 5.88 Å². The van der Waals surface area contributed by atoms with Crippen LogP contribution in [0.3, 0.4) is 0 Å². The van der Waals surface area contributed by atoms with E-state index in [1.807, 2.05) is 36.4 Å². The second kappa shape index (κ2) is 8.29. The third kappa shape index (κ3) is 4.57. The van der Waals surface area contributed by atoms with Gasteiger partial charge >= 0.3 is 0 Å². The van der Waals surface area contributed by atoms with Crippen LogP contribution >= 0.6 is 11.8 Å². The molecule has 8 heteroatoms. The average molecular weight is 355 g/mol. The summed E-state index contributed by atoms with van der Waals surface area (Å²) in [6.45, 7) is 0.360. The first-order valence-electron chi connectivity index (χ1n) is 7.59. The zero-order valence-electron chi connectivity index (χ0n) is 13.6. The predicted octanol–water partition coefficient (Wildman–Crippen LogP) is 2.43. The van der Waals surface area contributed by atoms with Crippen LogP contribution in [0.15, 0.2) is 54.1 Å². The number of nitrogens with one attached hydrogen (secondary N) is 2. The van der Waals surface area contributed by atoms with Crippen molar-refractivity contribution in [1.82, 2.24) is 25.5 Å². The lowest BCUT2D eigenvalue weighted by Crippen LogP contribution is -2.23. The number of benzene rings is 1. The number of pyridine rings is 1. The van der Waals surface area contributed by atoms with Gasteiger partial charge in [-0.25, -0.2) is 9.97 Å². The average Bonchev–Trinajstić information content (AvgIpc) is 3.18. The number of carbonyl (C=O) groups excluding carboxylic acids is 1. The van der Waals surface area contributed by atoms with Crippen molar-refractivity contribution in [1.29, 1.82) is 0 Å². The van der Waals surface area contributed by atoms with Crippen molar-refractivity contribution in [3.8, 4) is 5.88 Å². The molecular weight excluding hydrogens is 338 g/mol. The van der Waals surface area contributed by atoms with Gasteiger partial charge < -0.3 is 10.1 Å². The van der Waals surface area contributed by atoms with Gasteiger partial charge in [-0.2, -0.15) is 5.10 Å². The van der Waals surface area contributed by atoms with Crippen LogP contribution in [0.2, 0.25) is 0 Å². The molecule has 2 N–H and O–H groups in total. The molecule has 0 unspecified atom stereocenters. The van der Waals surface area contributed by atoms with Crippen LogP contribution in [0.25, 0.3) is 0 Å². The molecule has 2 heterocycles. The summed E-state index contributed by atoms with van der Waals surface area (Å²) in [6.07, 6.45) is 3.13. The van der Waals surface area contributed by atoms with Gasteiger partial charge in [-0.1, -0.05) is 30.0 Å². The minimum atomic E-state index is -0.139. The van der Waals surface area contributed by atoms with Crippen LogP contribution in [0.5, 0.6) is 5.88 Å². The van der Waals surface area contributed by atoms with Crippen LogP contribution in [0, 0.1) is 0 Å². The summed E-state index contributed by atoms with van der Waals surface area (Å²) in [5, 5.41) is 10.3. The maximum absolute atomic E-state index is 12.3. The summed E-state index contributed by atoms with van der Waals surface area (Å²) in [5.41, 5.74) is 2.54. The smallest absolute Gasteiger partial charge is 0.251 e. The van der Waals surface area contributed by atoms with E-state index in [1.54, 1.807) is 25.1 Å². The Balaban J connectivity index is 1.55. The minimum Gasteiger partial charge on any atom is -0.481 e. The fourth-order valence-corrected chi connectivity index (χ4v) is 2.92. The molecule has 0 aliphatic heterocycles. The molecule has 0 fully saturated rings. The van der Waals surface area contributed by atoms with Crippen LogP contribution in [0.1, 0.15) is 21.5 Å². The number of ether oxygens (including phenoxy) is 1. The van der Waals surface area contributed by atoms with E-state index in [0.29, 0.717) is 18.0 Å². The van der Waals surface area contributed by atoms with E-state index in [9.17, 15) is 4.79 Å². The Morgan fingerprint density at radius 1 is 1.24 bits per heavy atom. The largest absolute Gasteiger partial charge is 0.481 e. The number of H-pyrrole nitrogens is 1. The Morgan fingerprint density at radius 3 is 2.80 bits per heavy atom. The lowest BCUT2D eigenvalue weighted by molar-refractivity contribution is 0.0950. The molecule has 128 valence electrons. The van der Waals surface area contributed by atoms with Gasteiger partial charge in [-0.05, 0) is 23.8 Å². The van der Waals surface area contributed by atoms with E-state index >= 15 is 0 Å².